The molecule has 8 heterocycles. The summed E-state index contributed by atoms with van der Waals surface area (Å²) in [5, 5.41) is 41.3. The SMILES string of the molecule is c1ccc(-c2c(-c3c4ccccc4c(-c4sc5ccccc5c4-c4ccccc4)c4cc5ccccc5cc34)sc3ccccc23)cc1.c1ccc2cc3c(-c4cc5c6ccccc6c6ccccc6c5s4)c4ccccc4c(-c4cc5c6ccccc6c6ccccc6c5s4)c3cc2c1.c1ccc2sc(-c3c4ccccc4c(-c4cc5ccccc5s4)c4c(-c5ccncc5)c5ccccc5c(-c5ccncc5)c34)cc2c1. The van der Waals surface area contributed by atoms with Crippen LogP contribution >= 0.6 is 68.0 Å². The van der Waals surface area contributed by atoms with Gasteiger partial charge in [-0.1, -0.05) is 376 Å². The van der Waals surface area contributed by atoms with Gasteiger partial charge in [0.2, 0.25) is 0 Å². The van der Waals surface area contributed by atoms with E-state index >= 15 is 0 Å². The minimum atomic E-state index is 1.16. The molecule has 0 fully saturated rings. The maximum absolute atomic E-state index is 4.44. The van der Waals surface area contributed by atoms with Crippen LogP contribution in [-0.4, -0.2) is 9.97 Å². The Morgan fingerprint density at radius 2 is 0.365 bits per heavy atom. The monoisotopic (exact) mass is 1980 g/mol. The van der Waals surface area contributed by atoms with E-state index < -0.39 is 0 Å². The number of nitrogens with zero attached hydrogens (tertiary/aromatic N) is 2. The van der Waals surface area contributed by atoms with Gasteiger partial charge in [0.15, 0.2) is 0 Å². The van der Waals surface area contributed by atoms with Crippen molar-refractivity contribution in [2.45, 2.75) is 0 Å². The third-order valence-corrected chi connectivity index (χ3v) is 37.3. The van der Waals surface area contributed by atoms with Gasteiger partial charge in [0.1, 0.15) is 0 Å². The molecule has 0 saturated heterocycles. The predicted octanol–water partition coefficient (Wildman–Crippen LogP) is 42.8. The first-order valence-corrected chi connectivity index (χ1v) is 55.1. The lowest BCUT2D eigenvalue weighted by molar-refractivity contribution is 1.33. The van der Waals surface area contributed by atoms with Crippen LogP contribution < -0.4 is 0 Å². The van der Waals surface area contributed by atoms with E-state index in [0.717, 1.165) is 11.1 Å². The molecule has 688 valence electrons. The summed E-state index contributed by atoms with van der Waals surface area (Å²) in [5.74, 6) is 0. The van der Waals surface area contributed by atoms with E-state index in [1.54, 1.807) is 0 Å². The van der Waals surface area contributed by atoms with E-state index in [-0.39, 0.29) is 0 Å². The number of hydrogen-bond acceptors (Lipinski definition) is 8. The second-order valence-corrected chi connectivity index (χ2v) is 44.8. The average molecular weight is 1980 g/mol. The summed E-state index contributed by atoms with van der Waals surface area (Å²) in [6.45, 7) is 0. The van der Waals surface area contributed by atoms with Crippen molar-refractivity contribution in [2.75, 3.05) is 0 Å². The number of thiophene rings is 6. The van der Waals surface area contributed by atoms with Crippen molar-refractivity contribution < 1.29 is 0 Å². The fourth-order valence-electron chi connectivity index (χ4n) is 24.0. The molecule has 0 aliphatic carbocycles. The molecule has 32 aromatic rings. The zero-order chi connectivity index (χ0) is 97.1. The quantitative estimate of drug-likeness (QED) is 0.101. The molecule has 148 heavy (non-hydrogen) atoms. The van der Waals surface area contributed by atoms with Gasteiger partial charge in [0.05, 0.1) is 0 Å². The normalized spacial score (nSPS) is 11.9. The van der Waals surface area contributed by atoms with Crippen LogP contribution in [0, 0.1) is 0 Å². The van der Waals surface area contributed by atoms with Crippen molar-refractivity contribution in [3.63, 3.8) is 0 Å². The van der Waals surface area contributed by atoms with Crippen LogP contribution in [0.4, 0.5) is 0 Å². The maximum atomic E-state index is 4.44. The largest absolute Gasteiger partial charge is 0.265 e. The molecule has 0 radical (unpaired) electrons. The summed E-state index contributed by atoms with van der Waals surface area (Å²) in [6.07, 6.45) is 7.67. The van der Waals surface area contributed by atoms with Crippen LogP contribution in [0.5, 0.6) is 0 Å². The van der Waals surface area contributed by atoms with Crippen LogP contribution in [0.1, 0.15) is 0 Å². The Hall–Kier alpha value is -17.3. The minimum absolute atomic E-state index is 1.16. The highest BCUT2D eigenvalue weighted by Gasteiger charge is 2.32. The molecule has 2 nitrogen and oxygen atoms in total. The van der Waals surface area contributed by atoms with Gasteiger partial charge in [-0.3, -0.25) is 9.97 Å². The van der Waals surface area contributed by atoms with Crippen LogP contribution in [0.3, 0.4) is 0 Å². The molecular formula is C140H82N2S6. The topological polar surface area (TPSA) is 25.8 Å². The lowest BCUT2D eigenvalue weighted by Gasteiger charge is -2.24. The van der Waals surface area contributed by atoms with Crippen LogP contribution in [0.15, 0.2) is 498 Å². The van der Waals surface area contributed by atoms with Gasteiger partial charge in [-0.25, -0.2) is 0 Å². The summed E-state index contributed by atoms with van der Waals surface area (Å²) >= 11 is 11.5. The van der Waals surface area contributed by atoms with Gasteiger partial charge in [-0.05, 0) is 260 Å². The van der Waals surface area contributed by atoms with Gasteiger partial charge in [0, 0.05) is 170 Å². The molecule has 0 amide bonds. The number of fused-ring (bicyclic) bond motifs is 25. The second-order valence-electron chi connectivity index (χ2n) is 38.4. The van der Waals surface area contributed by atoms with E-state index in [0.29, 0.717) is 0 Å². The molecule has 8 heteroatoms. The fraction of sp³-hybridized carbons (Fsp3) is 0. The Labute approximate surface area is 875 Å². The lowest BCUT2D eigenvalue weighted by Crippen LogP contribution is -1.96. The van der Waals surface area contributed by atoms with Crippen LogP contribution in [-0.2, 0) is 0 Å². The zero-order valence-corrected chi connectivity index (χ0v) is 84.6. The third-order valence-electron chi connectivity index (χ3n) is 30.3. The van der Waals surface area contributed by atoms with Gasteiger partial charge < -0.3 is 0 Å². The van der Waals surface area contributed by atoms with Crippen LogP contribution in [0.25, 0.3) is 308 Å². The summed E-state index contributed by atoms with van der Waals surface area (Å²) in [6, 6.07) is 175. The standard InChI is InChI=1S/C50H28S2.C46H28S2.C44H26N2S2/c1-2-14-30-26-42-41(25-29(30)13-1)47(45-27-43-35-19-5-3-15-31(35)33-17-7-11-23-39(33)49(43)51-45)37-21-9-10-22-38(37)48(42)46-28-44-36-20-6-4-16-32(36)34-18-8-12-24-40(34)50(44)52-46;1-3-15-29(16-4-1)41-35-23-11-13-25-39(35)47-45(41)43-33-21-9-10-22-34(33)44(38-28-32-20-8-7-19-31(32)27-37(38)43)46-42(30-17-5-2-6-18-30)36-24-12-14-26-40(36)48-46;1-7-15-35-29(9-1)25-37(47-35)41-33-13-5-6-14-34(33)42(38-26-30-10-2-8-16-36(30)48-38)44-40(28-19-23-46-24-20-28)32-12-4-3-11-31(32)39(43(41)44)27-17-21-45-22-18-27/h1-28H;1-28H;1-26H. The molecule has 24 aromatic carbocycles. The average Bonchev–Trinajstić information content (AvgIpc) is 1.51. The Morgan fingerprint density at radius 1 is 0.128 bits per heavy atom. The number of benzene rings is 24. The van der Waals surface area contributed by atoms with Crippen molar-refractivity contribution in [3.05, 3.63) is 498 Å². The first kappa shape index (κ1) is 86.2. The molecule has 0 bridgehead atoms. The van der Waals surface area contributed by atoms with Crippen molar-refractivity contribution in [3.8, 4) is 107 Å². The molecule has 0 aliphatic rings. The van der Waals surface area contributed by atoms with E-state index in [2.05, 4.69) is 483 Å². The molecule has 0 unspecified atom stereocenters. The maximum Gasteiger partial charge on any atom is 0.0446 e. The van der Waals surface area contributed by atoms with E-state index in [9.17, 15) is 0 Å². The van der Waals surface area contributed by atoms with Gasteiger partial charge >= 0.3 is 0 Å². The highest BCUT2D eigenvalue weighted by Crippen LogP contribution is 2.61. The molecule has 0 atom stereocenters. The lowest BCUT2D eigenvalue weighted by atomic mass is 9.80. The van der Waals surface area contributed by atoms with Crippen molar-refractivity contribution in [1.82, 2.24) is 9.97 Å². The van der Waals surface area contributed by atoms with E-state index in [4.69, 9.17) is 0 Å². The number of hydrogen-bond donors (Lipinski definition) is 0. The number of pyridine rings is 2. The first-order valence-electron chi connectivity index (χ1n) is 50.2. The highest BCUT2D eigenvalue weighted by atomic mass is 32.1. The Kier molecular flexibility index (Phi) is 20.6. The molecular weight excluding hydrogens is 1900 g/mol. The molecule has 32 rings (SSSR count). The zero-order valence-electron chi connectivity index (χ0n) is 79.7. The van der Waals surface area contributed by atoms with Gasteiger partial charge in [-0.2, -0.15) is 0 Å². The summed E-state index contributed by atoms with van der Waals surface area (Å²) in [4.78, 5) is 16.7. The summed E-state index contributed by atoms with van der Waals surface area (Å²) < 4.78 is 7.91. The summed E-state index contributed by atoms with van der Waals surface area (Å²) in [7, 11) is 0. The van der Waals surface area contributed by atoms with Gasteiger partial charge in [0.25, 0.3) is 0 Å². The van der Waals surface area contributed by atoms with E-state index in [1.165, 1.54) is 297 Å². The second kappa shape index (κ2) is 35.3. The first-order chi connectivity index (χ1) is 73.5. The Morgan fingerprint density at radius 3 is 0.703 bits per heavy atom. The Balaban J connectivity index is 0.000000103. The van der Waals surface area contributed by atoms with Crippen molar-refractivity contribution in [1.29, 1.82) is 0 Å². The van der Waals surface area contributed by atoms with Crippen molar-refractivity contribution in [2.24, 2.45) is 0 Å². The third kappa shape index (κ3) is 13.9. The Bertz CT molecular complexity index is 10300. The van der Waals surface area contributed by atoms with Crippen LogP contribution in [0.2, 0.25) is 0 Å². The minimum Gasteiger partial charge on any atom is -0.265 e. The molecule has 0 aliphatic heterocycles. The van der Waals surface area contributed by atoms with Crippen molar-refractivity contribution >= 4 is 269 Å². The van der Waals surface area contributed by atoms with E-state index in [1.807, 2.05) is 92.8 Å². The highest BCUT2D eigenvalue weighted by molar-refractivity contribution is 7.25. The number of aromatic nitrogens is 2. The fourth-order valence-corrected chi connectivity index (χ4v) is 31.4. The van der Waals surface area contributed by atoms with Gasteiger partial charge in [-0.15, -0.1) is 68.0 Å². The number of rotatable bonds is 10. The predicted molar refractivity (Wildman–Crippen MR) is 649 cm³/mol. The molecule has 0 saturated carbocycles. The molecule has 0 N–H and O–H groups in total. The smallest absolute Gasteiger partial charge is 0.0446 e. The molecule has 8 aromatic heterocycles. The molecule has 0 spiro atoms. The summed E-state index contributed by atoms with van der Waals surface area (Å²) in [5.41, 5.74) is 17.8.